The molecule has 3 nitrogen and oxygen atoms in total. The zero-order valence-electron chi connectivity index (χ0n) is 8.92. The lowest BCUT2D eigenvalue weighted by atomic mass is 9.98. The van der Waals surface area contributed by atoms with E-state index in [9.17, 15) is 4.79 Å². The largest absolute Gasteiger partial charge is 0.491 e. The zero-order valence-corrected chi connectivity index (χ0v) is 8.92. The van der Waals surface area contributed by atoms with Gasteiger partial charge in [0.2, 0.25) is 0 Å². The molecule has 0 N–H and O–H groups in total. The Hall–Kier alpha value is -1.25. The summed E-state index contributed by atoms with van der Waals surface area (Å²) in [6, 6.07) is 0. The van der Waals surface area contributed by atoms with Crippen molar-refractivity contribution in [2.45, 2.75) is 38.9 Å². The molecule has 0 saturated carbocycles. The van der Waals surface area contributed by atoms with Crippen LogP contribution in [0.4, 0.5) is 0 Å². The van der Waals surface area contributed by atoms with Crippen LogP contribution in [-0.2, 0) is 14.3 Å². The van der Waals surface area contributed by atoms with Gasteiger partial charge < -0.3 is 9.47 Å². The van der Waals surface area contributed by atoms with Gasteiger partial charge in [0.15, 0.2) is 5.60 Å². The SMILES string of the molecule is C=C1CC(C)(OC(=O)C(=C)C)C(C)O1. The monoisotopic (exact) mass is 196 g/mol. The highest BCUT2D eigenvalue weighted by Crippen LogP contribution is 2.35. The number of carbonyl (C=O) groups excluding carboxylic acids is 1. The molecule has 0 spiro atoms. The Bertz CT molecular complexity index is 293. The van der Waals surface area contributed by atoms with Crippen molar-refractivity contribution < 1.29 is 14.3 Å². The number of carbonyl (C=O) groups is 1. The normalized spacial score (nSPS) is 31.1. The van der Waals surface area contributed by atoms with E-state index in [1.807, 2.05) is 13.8 Å². The van der Waals surface area contributed by atoms with E-state index in [1.54, 1.807) is 6.92 Å². The lowest BCUT2D eigenvalue weighted by Crippen LogP contribution is -2.38. The highest BCUT2D eigenvalue weighted by molar-refractivity contribution is 5.87. The third-order valence-corrected chi connectivity index (χ3v) is 2.43. The van der Waals surface area contributed by atoms with Crippen LogP contribution in [0.5, 0.6) is 0 Å². The average molecular weight is 196 g/mol. The second-order valence-electron chi connectivity index (χ2n) is 3.96. The van der Waals surface area contributed by atoms with Crippen LogP contribution in [0.2, 0.25) is 0 Å². The van der Waals surface area contributed by atoms with E-state index in [4.69, 9.17) is 9.47 Å². The van der Waals surface area contributed by atoms with Crippen LogP contribution in [0.25, 0.3) is 0 Å². The molecule has 0 aromatic heterocycles. The molecule has 1 fully saturated rings. The fraction of sp³-hybridized carbons (Fsp3) is 0.545. The summed E-state index contributed by atoms with van der Waals surface area (Å²) < 4.78 is 10.7. The van der Waals surface area contributed by atoms with Gasteiger partial charge in [0.25, 0.3) is 0 Å². The molecule has 14 heavy (non-hydrogen) atoms. The number of hydrogen-bond acceptors (Lipinski definition) is 3. The first-order valence-electron chi connectivity index (χ1n) is 4.58. The van der Waals surface area contributed by atoms with Crippen LogP contribution in [0.15, 0.2) is 24.5 Å². The Morgan fingerprint density at radius 1 is 1.71 bits per heavy atom. The fourth-order valence-corrected chi connectivity index (χ4v) is 1.37. The van der Waals surface area contributed by atoms with E-state index in [0.29, 0.717) is 17.8 Å². The molecular weight excluding hydrogens is 180 g/mol. The molecule has 78 valence electrons. The van der Waals surface area contributed by atoms with Gasteiger partial charge in [0.1, 0.15) is 6.10 Å². The summed E-state index contributed by atoms with van der Waals surface area (Å²) in [6.45, 7) is 12.6. The van der Waals surface area contributed by atoms with Gasteiger partial charge >= 0.3 is 5.97 Å². The quantitative estimate of drug-likeness (QED) is 0.501. The van der Waals surface area contributed by atoms with E-state index in [2.05, 4.69) is 13.2 Å². The summed E-state index contributed by atoms with van der Waals surface area (Å²) >= 11 is 0. The Balaban J connectivity index is 2.72. The van der Waals surface area contributed by atoms with Gasteiger partial charge in [-0.15, -0.1) is 0 Å². The van der Waals surface area contributed by atoms with Crippen LogP contribution in [-0.4, -0.2) is 17.7 Å². The molecule has 2 unspecified atom stereocenters. The van der Waals surface area contributed by atoms with Crippen molar-refractivity contribution in [1.29, 1.82) is 0 Å². The van der Waals surface area contributed by atoms with Crippen molar-refractivity contribution in [2.24, 2.45) is 0 Å². The molecular formula is C11H16O3. The van der Waals surface area contributed by atoms with Crippen LogP contribution < -0.4 is 0 Å². The second kappa shape index (κ2) is 3.48. The maximum Gasteiger partial charge on any atom is 0.333 e. The molecule has 0 radical (unpaired) electrons. The van der Waals surface area contributed by atoms with Crippen molar-refractivity contribution in [3.63, 3.8) is 0 Å². The summed E-state index contributed by atoms with van der Waals surface area (Å²) in [4.78, 5) is 11.3. The summed E-state index contributed by atoms with van der Waals surface area (Å²) in [5.41, 5.74) is -0.205. The Morgan fingerprint density at radius 2 is 2.29 bits per heavy atom. The average Bonchev–Trinajstić information content (AvgIpc) is 2.25. The van der Waals surface area contributed by atoms with E-state index >= 15 is 0 Å². The third-order valence-electron chi connectivity index (χ3n) is 2.43. The maximum atomic E-state index is 11.3. The zero-order chi connectivity index (χ0) is 10.9. The van der Waals surface area contributed by atoms with Crippen LogP contribution in [0.1, 0.15) is 27.2 Å². The predicted octanol–water partition coefficient (Wildman–Crippen LogP) is 2.19. The third kappa shape index (κ3) is 1.97. The van der Waals surface area contributed by atoms with Crippen molar-refractivity contribution in [3.8, 4) is 0 Å². The predicted molar refractivity (Wildman–Crippen MR) is 53.6 cm³/mol. The van der Waals surface area contributed by atoms with Crippen molar-refractivity contribution in [3.05, 3.63) is 24.5 Å². The number of rotatable bonds is 2. The molecule has 2 atom stereocenters. The van der Waals surface area contributed by atoms with Gasteiger partial charge in [-0.1, -0.05) is 13.2 Å². The number of esters is 1. The Morgan fingerprint density at radius 3 is 2.64 bits per heavy atom. The minimum absolute atomic E-state index is 0.154. The highest BCUT2D eigenvalue weighted by atomic mass is 16.6. The molecule has 0 bridgehead atoms. The summed E-state index contributed by atoms with van der Waals surface area (Å²) in [7, 11) is 0. The molecule has 1 saturated heterocycles. The minimum atomic E-state index is -0.604. The Kier molecular flexibility index (Phi) is 2.69. The van der Waals surface area contributed by atoms with Crippen molar-refractivity contribution in [2.75, 3.05) is 0 Å². The number of ether oxygens (including phenoxy) is 2. The van der Waals surface area contributed by atoms with Crippen LogP contribution in [0.3, 0.4) is 0 Å². The lowest BCUT2D eigenvalue weighted by Gasteiger charge is -2.26. The highest BCUT2D eigenvalue weighted by Gasteiger charge is 2.43. The first-order chi connectivity index (χ1) is 6.35. The van der Waals surface area contributed by atoms with Gasteiger partial charge in [0.05, 0.1) is 5.76 Å². The van der Waals surface area contributed by atoms with Gasteiger partial charge in [-0.25, -0.2) is 4.79 Å². The van der Waals surface area contributed by atoms with E-state index in [0.717, 1.165) is 0 Å². The van der Waals surface area contributed by atoms with Crippen LogP contribution >= 0.6 is 0 Å². The molecule has 0 aliphatic carbocycles. The summed E-state index contributed by atoms with van der Waals surface area (Å²) in [5, 5.41) is 0. The maximum absolute atomic E-state index is 11.3. The van der Waals surface area contributed by atoms with E-state index < -0.39 is 5.60 Å². The topological polar surface area (TPSA) is 35.5 Å². The van der Waals surface area contributed by atoms with E-state index in [1.165, 1.54) is 0 Å². The van der Waals surface area contributed by atoms with Gasteiger partial charge in [-0.05, 0) is 20.8 Å². The standard InChI is InChI=1S/C11H16O3/c1-7(2)10(12)14-11(5)6-8(3)13-9(11)4/h9H,1,3,6H2,2,4-5H3. The summed E-state index contributed by atoms with van der Waals surface area (Å²) in [6.07, 6.45) is 0.394. The molecule has 1 heterocycles. The first kappa shape index (κ1) is 10.8. The van der Waals surface area contributed by atoms with Gasteiger partial charge in [0, 0.05) is 12.0 Å². The molecule has 3 heteroatoms. The molecule has 1 rings (SSSR count). The smallest absolute Gasteiger partial charge is 0.333 e. The van der Waals surface area contributed by atoms with E-state index in [-0.39, 0.29) is 12.1 Å². The van der Waals surface area contributed by atoms with Crippen LogP contribution in [0, 0.1) is 0 Å². The Labute approximate surface area is 84.4 Å². The molecule has 0 amide bonds. The summed E-state index contributed by atoms with van der Waals surface area (Å²) in [5.74, 6) is 0.284. The van der Waals surface area contributed by atoms with Crippen molar-refractivity contribution in [1.82, 2.24) is 0 Å². The number of hydrogen-bond donors (Lipinski definition) is 0. The molecule has 0 aromatic rings. The second-order valence-corrected chi connectivity index (χ2v) is 3.96. The molecule has 0 aromatic carbocycles. The first-order valence-corrected chi connectivity index (χ1v) is 4.58. The van der Waals surface area contributed by atoms with Gasteiger partial charge in [-0.2, -0.15) is 0 Å². The van der Waals surface area contributed by atoms with Gasteiger partial charge in [-0.3, -0.25) is 0 Å². The molecule has 1 aliphatic rings. The van der Waals surface area contributed by atoms with Crippen molar-refractivity contribution >= 4 is 5.97 Å². The lowest BCUT2D eigenvalue weighted by molar-refractivity contribution is -0.157. The fourth-order valence-electron chi connectivity index (χ4n) is 1.37. The molecule has 1 aliphatic heterocycles. The minimum Gasteiger partial charge on any atom is -0.491 e.